The minimum atomic E-state index is -0.105. The Labute approximate surface area is 152 Å². The molecule has 7 heteroatoms. The second-order valence-electron chi connectivity index (χ2n) is 5.98. The number of nitrogens with one attached hydrogen (secondary N) is 1. The third-order valence-corrected chi connectivity index (χ3v) is 4.31. The van der Waals surface area contributed by atoms with Gasteiger partial charge >= 0.3 is 0 Å². The molecule has 0 bridgehead atoms. The minimum Gasteiger partial charge on any atom is -0.493 e. The molecule has 1 unspecified atom stereocenters. The Kier molecular flexibility index (Phi) is 6.04. The van der Waals surface area contributed by atoms with E-state index in [0.29, 0.717) is 30.2 Å². The van der Waals surface area contributed by atoms with Crippen LogP contribution in [0.4, 0.5) is 0 Å². The molecule has 1 aromatic carbocycles. The van der Waals surface area contributed by atoms with E-state index < -0.39 is 0 Å². The summed E-state index contributed by atoms with van der Waals surface area (Å²) in [7, 11) is 1.54. The molecule has 2 N–H and O–H groups in total. The molecule has 0 aliphatic carbocycles. The van der Waals surface area contributed by atoms with Gasteiger partial charge in [-0.25, -0.2) is 0 Å². The fraction of sp³-hybridized carbons (Fsp3) is 0.368. The Hall–Kier alpha value is -2.64. The van der Waals surface area contributed by atoms with Crippen molar-refractivity contribution >= 4 is 5.91 Å². The van der Waals surface area contributed by atoms with E-state index >= 15 is 0 Å². The van der Waals surface area contributed by atoms with Gasteiger partial charge in [-0.15, -0.1) is 0 Å². The summed E-state index contributed by atoms with van der Waals surface area (Å²) in [4.78, 5) is 18.9. The van der Waals surface area contributed by atoms with Gasteiger partial charge in [-0.2, -0.15) is 0 Å². The highest BCUT2D eigenvalue weighted by Gasteiger charge is 2.25. The van der Waals surface area contributed by atoms with Gasteiger partial charge in [-0.05, 0) is 29.8 Å². The highest BCUT2D eigenvalue weighted by molar-refractivity contribution is 5.95. The molecule has 3 rings (SSSR count). The van der Waals surface area contributed by atoms with Crippen LogP contribution in [0, 0.1) is 0 Å². The Morgan fingerprint density at radius 3 is 3.00 bits per heavy atom. The van der Waals surface area contributed by atoms with Gasteiger partial charge < -0.3 is 24.8 Å². The summed E-state index contributed by atoms with van der Waals surface area (Å²) >= 11 is 0. The summed E-state index contributed by atoms with van der Waals surface area (Å²) in [6.07, 6.45) is 3.56. The molecule has 1 fully saturated rings. The Morgan fingerprint density at radius 2 is 2.27 bits per heavy atom. The zero-order valence-electron chi connectivity index (χ0n) is 14.7. The Bertz CT molecular complexity index is 739. The second kappa shape index (κ2) is 8.64. The number of carbonyl (C=O) groups is 1. The topological polar surface area (TPSA) is 83.9 Å². The molecule has 1 atom stereocenters. The second-order valence-corrected chi connectivity index (χ2v) is 5.98. The maximum Gasteiger partial charge on any atom is 0.254 e. The monoisotopic (exact) mass is 357 g/mol. The van der Waals surface area contributed by atoms with E-state index in [-0.39, 0.29) is 25.2 Å². The zero-order chi connectivity index (χ0) is 18.4. The first-order valence-electron chi connectivity index (χ1n) is 8.57. The number of amides is 1. The van der Waals surface area contributed by atoms with Crippen LogP contribution in [0.2, 0.25) is 0 Å². The van der Waals surface area contributed by atoms with Gasteiger partial charge in [0.1, 0.15) is 6.61 Å². The standard InChI is InChI=1S/C19H23N3O4/c1-25-17-5-4-14(11-18(17)26-10-9-23)19(24)22-8-7-21-16(13-22)15-3-2-6-20-12-15/h2-6,11-12,16,21,23H,7-10,13H2,1H3. The number of aromatic nitrogens is 1. The molecule has 138 valence electrons. The van der Waals surface area contributed by atoms with Crippen molar-refractivity contribution < 1.29 is 19.4 Å². The van der Waals surface area contributed by atoms with Gasteiger partial charge in [0.05, 0.1) is 19.8 Å². The lowest BCUT2D eigenvalue weighted by Gasteiger charge is -2.34. The lowest BCUT2D eigenvalue weighted by atomic mass is 10.1. The third kappa shape index (κ3) is 4.12. The van der Waals surface area contributed by atoms with Crippen LogP contribution in [0.15, 0.2) is 42.7 Å². The lowest BCUT2D eigenvalue weighted by Crippen LogP contribution is -2.48. The lowest BCUT2D eigenvalue weighted by molar-refractivity contribution is 0.0702. The molecule has 1 aliphatic rings. The number of hydrogen-bond donors (Lipinski definition) is 2. The fourth-order valence-electron chi connectivity index (χ4n) is 3.00. The molecule has 0 spiro atoms. The number of nitrogens with zero attached hydrogens (tertiary/aromatic N) is 2. The predicted octanol–water partition coefficient (Wildman–Crippen LogP) is 1.25. The quantitative estimate of drug-likeness (QED) is 0.810. The average Bonchev–Trinajstić information content (AvgIpc) is 2.72. The largest absolute Gasteiger partial charge is 0.493 e. The van der Waals surface area contributed by atoms with Crippen molar-refractivity contribution in [2.75, 3.05) is 40.0 Å². The molecule has 7 nitrogen and oxygen atoms in total. The third-order valence-electron chi connectivity index (χ3n) is 4.31. The number of rotatable bonds is 6. The van der Waals surface area contributed by atoms with Crippen LogP contribution in [-0.2, 0) is 0 Å². The fourth-order valence-corrected chi connectivity index (χ4v) is 3.00. The van der Waals surface area contributed by atoms with E-state index in [4.69, 9.17) is 14.6 Å². The van der Waals surface area contributed by atoms with Crippen LogP contribution in [0.1, 0.15) is 22.0 Å². The molecule has 26 heavy (non-hydrogen) atoms. The van der Waals surface area contributed by atoms with Gasteiger partial charge in [0.15, 0.2) is 11.5 Å². The molecule has 1 aliphatic heterocycles. The molecule has 1 saturated heterocycles. The van der Waals surface area contributed by atoms with E-state index in [9.17, 15) is 4.79 Å². The number of carbonyl (C=O) groups excluding carboxylic acids is 1. The smallest absolute Gasteiger partial charge is 0.254 e. The summed E-state index contributed by atoms with van der Waals surface area (Å²) in [5.74, 6) is 0.923. The van der Waals surface area contributed by atoms with Gasteiger partial charge in [-0.3, -0.25) is 9.78 Å². The molecular formula is C19H23N3O4. The highest BCUT2D eigenvalue weighted by Crippen LogP contribution is 2.29. The summed E-state index contributed by atoms with van der Waals surface area (Å²) in [5, 5.41) is 12.4. The zero-order valence-corrected chi connectivity index (χ0v) is 14.7. The van der Waals surface area contributed by atoms with Crippen LogP contribution in [0.25, 0.3) is 0 Å². The summed E-state index contributed by atoms with van der Waals surface area (Å²) in [6, 6.07) is 9.07. The number of aliphatic hydroxyl groups is 1. The number of benzene rings is 1. The number of pyridine rings is 1. The molecule has 2 aromatic rings. The van der Waals surface area contributed by atoms with Gasteiger partial charge in [0.2, 0.25) is 0 Å². The van der Waals surface area contributed by atoms with Crippen molar-refractivity contribution in [3.8, 4) is 11.5 Å². The molecule has 2 heterocycles. The van der Waals surface area contributed by atoms with Crippen molar-refractivity contribution in [1.29, 1.82) is 0 Å². The minimum absolute atomic E-state index is 0.0584. The van der Waals surface area contributed by atoms with E-state index in [1.807, 2.05) is 23.2 Å². The molecule has 0 radical (unpaired) electrons. The van der Waals surface area contributed by atoms with Crippen molar-refractivity contribution in [1.82, 2.24) is 15.2 Å². The predicted molar refractivity (Wildman–Crippen MR) is 96.5 cm³/mol. The molecule has 0 saturated carbocycles. The number of aliphatic hydroxyl groups excluding tert-OH is 1. The van der Waals surface area contributed by atoms with Crippen LogP contribution in [0.3, 0.4) is 0 Å². The normalized spacial score (nSPS) is 17.0. The van der Waals surface area contributed by atoms with E-state index in [1.165, 1.54) is 7.11 Å². The molecular weight excluding hydrogens is 334 g/mol. The number of hydrogen-bond acceptors (Lipinski definition) is 6. The Morgan fingerprint density at radius 1 is 1.38 bits per heavy atom. The highest BCUT2D eigenvalue weighted by atomic mass is 16.5. The molecule has 1 amide bonds. The van der Waals surface area contributed by atoms with Crippen molar-refractivity contribution in [2.45, 2.75) is 6.04 Å². The van der Waals surface area contributed by atoms with Gasteiger partial charge in [-0.1, -0.05) is 6.07 Å². The first-order chi connectivity index (χ1) is 12.7. The molecule has 1 aromatic heterocycles. The van der Waals surface area contributed by atoms with E-state index in [2.05, 4.69) is 10.3 Å². The summed E-state index contributed by atoms with van der Waals surface area (Å²) in [5.41, 5.74) is 1.59. The van der Waals surface area contributed by atoms with Crippen LogP contribution >= 0.6 is 0 Å². The number of piperazine rings is 1. The average molecular weight is 357 g/mol. The summed E-state index contributed by atoms with van der Waals surface area (Å²) in [6.45, 7) is 1.96. The van der Waals surface area contributed by atoms with Crippen LogP contribution in [-0.4, -0.2) is 60.9 Å². The summed E-state index contributed by atoms with van der Waals surface area (Å²) < 4.78 is 10.7. The van der Waals surface area contributed by atoms with Crippen molar-refractivity contribution in [2.24, 2.45) is 0 Å². The van der Waals surface area contributed by atoms with Crippen molar-refractivity contribution in [3.05, 3.63) is 53.9 Å². The van der Waals surface area contributed by atoms with Gasteiger partial charge in [0, 0.05) is 37.6 Å². The first-order valence-corrected chi connectivity index (χ1v) is 8.57. The number of ether oxygens (including phenoxy) is 2. The van der Waals surface area contributed by atoms with Gasteiger partial charge in [0.25, 0.3) is 5.91 Å². The van der Waals surface area contributed by atoms with Crippen molar-refractivity contribution in [3.63, 3.8) is 0 Å². The maximum atomic E-state index is 12.9. The van der Waals surface area contributed by atoms with Crippen LogP contribution < -0.4 is 14.8 Å². The van der Waals surface area contributed by atoms with Crippen LogP contribution in [0.5, 0.6) is 11.5 Å². The Balaban J connectivity index is 1.75. The van der Waals surface area contributed by atoms with E-state index in [0.717, 1.165) is 12.1 Å². The SMILES string of the molecule is COc1ccc(C(=O)N2CCNC(c3cccnc3)C2)cc1OCCO. The van der Waals surface area contributed by atoms with E-state index in [1.54, 1.807) is 24.4 Å². The maximum absolute atomic E-state index is 12.9. The number of methoxy groups -OCH3 is 1. The first kappa shape index (κ1) is 18.2.